The molecule has 2 N–H and O–H groups in total. The van der Waals surface area contributed by atoms with Crippen LogP contribution in [0.2, 0.25) is 0 Å². The van der Waals surface area contributed by atoms with Gasteiger partial charge in [0.25, 0.3) is 0 Å². The number of hydrogen-bond acceptors (Lipinski definition) is 3. The minimum atomic E-state index is -1.16. The molecule has 6 heteroatoms. The molecular formula is C20H28N2O4. The second kappa shape index (κ2) is 8.83. The molecule has 0 spiro atoms. The quantitative estimate of drug-likeness (QED) is 0.782. The molecule has 1 aromatic carbocycles. The van der Waals surface area contributed by atoms with Crippen LogP contribution in [-0.2, 0) is 20.9 Å². The number of amides is 2. The Kier molecular flexibility index (Phi) is 6.77. The van der Waals surface area contributed by atoms with Crippen molar-refractivity contribution in [2.24, 2.45) is 5.92 Å². The Morgan fingerprint density at radius 3 is 2.35 bits per heavy atom. The molecule has 0 unspecified atom stereocenters. The minimum absolute atomic E-state index is 0.0942. The van der Waals surface area contributed by atoms with Crippen LogP contribution in [0, 0.1) is 5.92 Å². The maximum absolute atomic E-state index is 12.4. The standard InChI is InChI=1S/C20H28N2O4/c1-15-8-11-20(12-9-15,19(25)26)21-18(24)10-13-22(16(2)23)14-17-6-4-3-5-7-17/h3-7,15H,8-14H2,1-2H3,(H,21,24)(H,25,26). The van der Waals surface area contributed by atoms with Crippen molar-refractivity contribution < 1.29 is 19.5 Å². The van der Waals surface area contributed by atoms with E-state index in [1.54, 1.807) is 4.90 Å². The van der Waals surface area contributed by atoms with E-state index in [4.69, 9.17) is 0 Å². The van der Waals surface area contributed by atoms with Crippen LogP contribution in [0.1, 0.15) is 51.5 Å². The van der Waals surface area contributed by atoms with Crippen LogP contribution < -0.4 is 5.32 Å². The summed E-state index contributed by atoms with van der Waals surface area (Å²) >= 11 is 0. The summed E-state index contributed by atoms with van der Waals surface area (Å²) in [6.45, 7) is 4.28. The molecule has 0 radical (unpaired) electrons. The van der Waals surface area contributed by atoms with Crippen LogP contribution >= 0.6 is 0 Å². The Morgan fingerprint density at radius 2 is 1.81 bits per heavy atom. The fraction of sp³-hybridized carbons (Fsp3) is 0.550. The number of rotatable bonds is 7. The van der Waals surface area contributed by atoms with Crippen LogP contribution in [0.25, 0.3) is 0 Å². The second-order valence-corrected chi connectivity index (χ2v) is 7.29. The number of nitrogens with zero attached hydrogens (tertiary/aromatic N) is 1. The Bertz CT molecular complexity index is 636. The topological polar surface area (TPSA) is 86.7 Å². The zero-order valence-corrected chi connectivity index (χ0v) is 15.5. The van der Waals surface area contributed by atoms with Crippen molar-refractivity contribution in [1.82, 2.24) is 10.2 Å². The van der Waals surface area contributed by atoms with Crippen molar-refractivity contribution in [3.8, 4) is 0 Å². The van der Waals surface area contributed by atoms with Crippen LogP contribution in [0.15, 0.2) is 30.3 Å². The van der Waals surface area contributed by atoms with Crippen molar-refractivity contribution in [3.63, 3.8) is 0 Å². The predicted molar refractivity (Wildman–Crippen MR) is 98.3 cm³/mol. The summed E-state index contributed by atoms with van der Waals surface area (Å²) < 4.78 is 0. The highest BCUT2D eigenvalue weighted by Crippen LogP contribution is 2.32. The lowest BCUT2D eigenvalue weighted by molar-refractivity contribution is -0.150. The Hall–Kier alpha value is -2.37. The Labute approximate surface area is 154 Å². The minimum Gasteiger partial charge on any atom is -0.480 e. The average molecular weight is 360 g/mol. The molecule has 6 nitrogen and oxygen atoms in total. The maximum atomic E-state index is 12.4. The van der Waals surface area contributed by atoms with Gasteiger partial charge in [-0.15, -0.1) is 0 Å². The monoisotopic (exact) mass is 360 g/mol. The number of nitrogens with one attached hydrogen (secondary N) is 1. The molecule has 0 atom stereocenters. The number of carbonyl (C=O) groups excluding carboxylic acids is 2. The molecule has 26 heavy (non-hydrogen) atoms. The van der Waals surface area contributed by atoms with Crippen molar-refractivity contribution in [3.05, 3.63) is 35.9 Å². The number of aliphatic carboxylic acids is 1. The first-order valence-corrected chi connectivity index (χ1v) is 9.16. The van der Waals surface area contributed by atoms with E-state index in [1.165, 1.54) is 6.92 Å². The van der Waals surface area contributed by atoms with Gasteiger partial charge in [0.2, 0.25) is 11.8 Å². The molecular weight excluding hydrogens is 332 g/mol. The lowest BCUT2D eigenvalue weighted by atomic mass is 9.77. The summed E-state index contributed by atoms with van der Waals surface area (Å²) in [7, 11) is 0. The summed E-state index contributed by atoms with van der Waals surface area (Å²) in [4.78, 5) is 37.6. The van der Waals surface area contributed by atoms with Crippen molar-refractivity contribution in [2.45, 2.75) is 58.0 Å². The third kappa shape index (κ3) is 5.31. The number of carboxylic acids is 1. The first-order valence-electron chi connectivity index (χ1n) is 9.16. The van der Waals surface area contributed by atoms with Crippen molar-refractivity contribution in [2.75, 3.05) is 6.54 Å². The Morgan fingerprint density at radius 1 is 1.19 bits per heavy atom. The van der Waals surface area contributed by atoms with Crippen LogP contribution in [-0.4, -0.2) is 39.9 Å². The van der Waals surface area contributed by atoms with Crippen LogP contribution in [0.5, 0.6) is 0 Å². The number of carboxylic acid groups (broad SMARTS) is 1. The first-order chi connectivity index (χ1) is 12.3. The van der Waals surface area contributed by atoms with E-state index in [9.17, 15) is 19.5 Å². The average Bonchev–Trinajstić information content (AvgIpc) is 2.61. The number of carbonyl (C=O) groups is 3. The molecule has 0 saturated heterocycles. The number of benzene rings is 1. The summed E-state index contributed by atoms with van der Waals surface area (Å²) in [5.74, 6) is -0.911. The lowest BCUT2D eigenvalue weighted by Gasteiger charge is -2.36. The van der Waals surface area contributed by atoms with Gasteiger partial charge in [-0.2, -0.15) is 0 Å². The normalized spacial score (nSPS) is 22.5. The molecule has 0 bridgehead atoms. The summed E-state index contributed by atoms with van der Waals surface area (Å²) in [5, 5.41) is 12.3. The fourth-order valence-electron chi connectivity index (χ4n) is 3.36. The van der Waals surface area contributed by atoms with E-state index in [-0.39, 0.29) is 24.8 Å². The van der Waals surface area contributed by atoms with Gasteiger partial charge in [-0.05, 0) is 37.2 Å². The molecule has 0 aromatic heterocycles. The molecule has 0 heterocycles. The molecule has 1 fully saturated rings. The second-order valence-electron chi connectivity index (χ2n) is 7.29. The highest BCUT2D eigenvalue weighted by molar-refractivity contribution is 5.87. The third-order valence-electron chi connectivity index (χ3n) is 5.19. The lowest BCUT2D eigenvalue weighted by Crippen LogP contribution is -2.56. The van der Waals surface area contributed by atoms with E-state index < -0.39 is 11.5 Å². The first kappa shape index (κ1) is 19.9. The molecule has 0 aliphatic heterocycles. The largest absolute Gasteiger partial charge is 0.480 e. The summed E-state index contributed by atoms with van der Waals surface area (Å²) in [6.07, 6.45) is 2.59. The smallest absolute Gasteiger partial charge is 0.329 e. The highest BCUT2D eigenvalue weighted by atomic mass is 16.4. The van der Waals surface area contributed by atoms with E-state index in [2.05, 4.69) is 12.2 Å². The molecule has 2 rings (SSSR count). The molecule has 1 saturated carbocycles. The zero-order valence-electron chi connectivity index (χ0n) is 15.5. The van der Waals surface area contributed by atoms with Crippen LogP contribution in [0.4, 0.5) is 0 Å². The molecule has 1 aliphatic carbocycles. The van der Waals surface area contributed by atoms with Crippen molar-refractivity contribution >= 4 is 17.8 Å². The predicted octanol–water partition coefficient (Wildman–Crippen LogP) is 2.57. The van der Waals surface area contributed by atoms with Crippen LogP contribution in [0.3, 0.4) is 0 Å². The molecule has 2 amide bonds. The third-order valence-corrected chi connectivity index (χ3v) is 5.19. The van der Waals surface area contributed by atoms with E-state index in [0.717, 1.165) is 18.4 Å². The van der Waals surface area contributed by atoms with Gasteiger partial charge in [0, 0.05) is 26.4 Å². The summed E-state index contributed by atoms with van der Waals surface area (Å²) in [5.41, 5.74) is -0.171. The fourth-order valence-corrected chi connectivity index (χ4v) is 3.36. The van der Waals surface area contributed by atoms with Gasteiger partial charge < -0.3 is 15.3 Å². The van der Waals surface area contributed by atoms with E-state index in [1.807, 2.05) is 30.3 Å². The van der Waals surface area contributed by atoms with Gasteiger partial charge >= 0.3 is 5.97 Å². The molecule has 1 aliphatic rings. The van der Waals surface area contributed by atoms with Gasteiger partial charge in [0.05, 0.1) is 0 Å². The van der Waals surface area contributed by atoms with Gasteiger partial charge in [0.1, 0.15) is 5.54 Å². The van der Waals surface area contributed by atoms with E-state index in [0.29, 0.717) is 25.3 Å². The number of hydrogen-bond donors (Lipinski definition) is 2. The van der Waals surface area contributed by atoms with Gasteiger partial charge in [-0.1, -0.05) is 37.3 Å². The maximum Gasteiger partial charge on any atom is 0.329 e. The Balaban J connectivity index is 1.92. The van der Waals surface area contributed by atoms with E-state index >= 15 is 0 Å². The highest BCUT2D eigenvalue weighted by Gasteiger charge is 2.42. The van der Waals surface area contributed by atoms with Gasteiger partial charge in [-0.25, -0.2) is 4.79 Å². The van der Waals surface area contributed by atoms with Gasteiger partial charge in [-0.3, -0.25) is 9.59 Å². The summed E-state index contributed by atoms with van der Waals surface area (Å²) in [6, 6.07) is 9.57. The van der Waals surface area contributed by atoms with Gasteiger partial charge in [0.15, 0.2) is 0 Å². The SMILES string of the molecule is CC(=O)N(CCC(=O)NC1(C(=O)O)CCC(C)CC1)Cc1ccccc1. The van der Waals surface area contributed by atoms with Crippen molar-refractivity contribution in [1.29, 1.82) is 0 Å². The molecule has 142 valence electrons. The molecule has 1 aromatic rings. The zero-order chi connectivity index (χ0) is 19.2.